The van der Waals surface area contributed by atoms with Gasteiger partial charge in [0.2, 0.25) is 0 Å². The fourth-order valence-electron chi connectivity index (χ4n) is 2.57. The van der Waals surface area contributed by atoms with Gasteiger partial charge >= 0.3 is 0 Å². The third kappa shape index (κ3) is 4.10. The maximum Gasteiger partial charge on any atom is 0.0689 e. The second-order valence-electron chi connectivity index (χ2n) is 5.56. The Bertz CT molecular complexity index is 225. The van der Waals surface area contributed by atoms with Gasteiger partial charge in [0.1, 0.15) is 0 Å². The molecular weight excluding hydrogens is 220 g/mol. The molecular formula is C14H25ClO. The van der Waals surface area contributed by atoms with E-state index in [1.165, 1.54) is 19.3 Å². The van der Waals surface area contributed by atoms with Crippen LogP contribution in [0, 0.1) is 17.8 Å². The average molecular weight is 245 g/mol. The second kappa shape index (κ2) is 6.66. The molecule has 3 unspecified atom stereocenters. The van der Waals surface area contributed by atoms with Gasteiger partial charge in [-0.3, -0.25) is 0 Å². The third-order valence-electron chi connectivity index (χ3n) is 3.65. The van der Waals surface area contributed by atoms with Crippen molar-refractivity contribution in [3.8, 4) is 0 Å². The summed E-state index contributed by atoms with van der Waals surface area (Å²) in [4.78, 5) is 0. The van der Waals surface area contributed by atoms with Crippen LogP contribution in [0.5, 0.6) is 0 Å². The van der Waals surface area contributed by atoms with Gasteiger partial charge in [-0.25, -0.2) is 0 Å². The molecule has 0 aliphatic heterocycles. The van der Waals surface area contributed by atoms with E-state index < -0.39 is 0 Å². The Morgan fingerprint density at radius 1 is 1.44 bits per heavy atom. The summed E-state index contributed by atoms with van der Waals surface area (Å²) in [6, 6.07) is 0. The van der Waals surface area contributed by atoms with Gasteiger partial charge in [0.25, 0.3) is 0 Å². The molecule has 0 amide bonds. The van der Waals surface area contributed by atoms with Crippen LogP contribution in [-0.4, -0.2) is 18.6 Å². The largest absolute Gasteiger partial charge is 0.374 e. The molecule has 1 saturated carbocycles. The summed E-state index contributed by atoms with van der Waals surface area (Å²) < 4.78 is 6.00. The van der Waals surface area contributed by atoms with E-state index in [2.05, 4.69) is 27.4 Å². The minimum absolute atomic E-state index is 0.406. The van der Waals surface area contributed by atoms with Crippen LogP contribution in [0.3, 0.4) is 0 Å². The highest BCUT2D eigenvalue weighted by atomic mass is 35.5. The Kier molecular flexibility index (Phi) is 5.85. The van der Waals surface area contributed by atoms with Crippen molar-refractivity contribution in [2.45, 2.75) is 46.1 Å². The lowest BCUT2D eigenvalue weighted by Crippen LogP contribution is -2.34. The molecule has 0 aromatic carbocycles. The van der Waals surface area contributed by atoms with Crippen LogP contribution in [0.2, 0.25) is 0 Å². The van der Waals surface area contributed by atoms with E-state index in [4.69, 9.17) is 16.3 Å². The fraction of sp³-hybridized carbons (Fsp3) is 0.857. The van der Waals surface area contributed by atoms with E-state index in [1.54, 1.807) is 0 Å². The van der Waals surface area contributed by atoms with E-state index >= 15 is 0 Å². The zero-order valence-electron chi connectivity index (χ0n) is 10.8. The van der Waals surface area contributed by atoms with E-state index in [1.807, 2.05) is 0 Å². The first-order chi connectivity index (χ1) is 7.54. The Labute approximate surface area is 105 Å². The van der Waals surface area contributed by atoms with Gasteiger partial charge in [-0.2, -0.15) is 0 Å². The first-order valence-corrected chi connectivity index (χ1v) is 6.92. The third-order valence-corrected chi connectivity index (χ3v) is 4.03. The molecule has 94 valence electrons. The Morgan fingerprint density at radius 3 is 2.69 bits per heavy atom. The minimum Gasteiger partial charge on any atom is -0.374 e. The first-order valence-electron chi connectivity index (χ1n) is 6.38. The molecule has 0 heterocycles. The van der Waals surface area contributed by atoms with Crippen molar-refractivity contribution in [1.29, 1.82) is 0 Å². The molecule has 3 atom stereocenters. The number of ether oxygens (including phenoxy) is 1. The highest BCUT2D eigenvalue weighted by Crippen LogP contribution is 2.35. The maximum atomic E-state index is 6.00. The quantitative estimate of drug-likeness (QED) is 0.519. The lowest BCUT2D eigenvalue weighted by Gasteiger charge is -2.37. The smallest absolute Gasteiger partial charge is 0.0689 e. The predicted molar refractivity (Wildman–Crippen MR) is 70.9 cm³/mol. The monoisotopic (exact) mass is 244 g/mol. The number of hydrogen-bond acceptors (Lipinski definition) is 1. The lowest BCUT2D eigenvalue weighted by molar-refractivity contribution is -0.0285. The summed E-state index contributed by atoms with van der Waals surface area (Å²) in [7, 11) is 0. The standard InChI is InChI=1S/C14H25ClO/c1-10(2)13-6-5-11(3)7-14(13)16-9-12(4)8-15/h10-11,13-14H,4-9H2,1-3H3. The second-order valence-corrected chi connectivity index (χ2v) is 5.83. The molecule has 1 fully saturated rings. The Balaban J connectivity index is 2.47. The van der Waals surface area contributed by atoms with E-state index in [0.29, 0.717) is 30.4 Å². The van der Waals surface area contributed by atoms with Crippen LogP contribution in [-0.2, 0) is 4.74 Å². The molecule has 1 aliphatic carbocycles. The molecule has 0 radical (unpaired) electrons. The Hall–Kier alpha value is -0.0100. The Morgan fingerprint density at radius 2 is 2.12 bits per heavy atom. The van der Waals surface area contributed by atoms with Crippen LogP contribution in [0.25, 0.3) is 0 Å². The highest BCUT2D eigenvalue weighted by molar-refractivity contribution is 6.19. The highest BCUT2D eigenvalue weighted by Gasteiger charge is 2.31. The first kappa shape index (κ1) is 14.1. The summed E-state index contributed by atoms with van der Waals surface area (Å²) >= 11 is 5.72. The van der Waals surface area contributed by atoms with Gasteiger partial charge < -0.3 is 4.74 Å². The van der Waals surface area contributed by atoms with Crippen LogP contribution in [0.1, 0.15) is 40.0 Å². The summed E-state index contributed by atoms with van der Waals surface area (Å²) in [6.07, 6.45) is 4.25. The van der Waals surface area contributed by atoms with E-state index in [9.17, 15) is 0 Å². The van der Waals surface area contributed by atoms with Crippen LogP contribution in [0.15, 0.2) is 12.2 Å². The number of rotatable bonds is 5. The zero-order chi connectivity index (χ0) is 12.1. The van der Waals surface area contributed by atoms with Gasteiger partial charge in [-0.1, -0.05) is 33.8 Å². The van der Waals surface area contributed by atoms with Gasteiger partial charge in [-0.15, -0.1) is 11.6 Å². The van der Waals surface area contributed by atoms with Crippen LogP contribution >= 0.6 is 11.6 Å². The molecule has 2 heteroatoms. The van der Waals surface area contributed by atoms with Crippen molar-refractivity contribution in [3.63, 3.8) is 0 Å². The predicted octanol–water partition coefficient (Wildman–Crippen LogP) is 4.26. The zero-order valence-corrected chi connectivity index (χ0v) is 11.6. The summed E-state index contributed by atoms with van der Waals surface area (Å²) in [6.45, 7) is 11.4. The maximum absolute atomic E-state index is 6.00. The van der Waals surface area contributed by atoms with E-state index in [-0.39, 0.29) is 0 Å². The van der Waals surface area contributed by atoms with Gasteiger partial charge in [0.15, 0.2) is 0 Å². The summed E-state index contributed by atoms with van der Waals surface area (Å²) in [5, 5.41) is 0. The van der Waals surface area contributed by atoms with Gasteiger partial charge in [0, 0.05) is 5.88 Å². The number of hydrogen-bond donors (Lipinski definition) is 0. The normalized spacial score (nSPS) is 30.7. The average Bonchev–Trinajstić information content (AvgIpc) is 2.25. The van der Waals surface area contributed by atoms with Crippen LogP contribution in [0.4, 0.5) is 0 Å². The lowest BCUT2D eigenvalue weighted by atomic mass is 9.75. The summed E-state index contributed by atoms with van der Waals surface area (Å²) in [5.74, 6) is 2.72. The van der Waals surface area contributed by atoms with Crippen molar-refractivity contribution < 1.29 is 4.74 Å². The van der Waals surface area contributed by atoms with E-state index in [0.717, 1.165) is 11.5 Å². The van der Waals surface area contributed by atoms with Crippen molar-refractivity contribution in [3.05, 3.63) is 12.2 Å². The molecule has 0 aromatic rings. The summed E-state index contributed by atoms with van der Waals surface area (Å²) in [5.41, 5.74) is 0.988. The topological polar surface area (TPSA) is 9.23 Å². The van der Waals surface area contributed by atoms with Crippen LogP contribution < -0.4 is 0 Å². The van der Waals surface area contributed by atoms with Crippen molar-refractivity contribution in [2.24, 2.45) is 17.8 Å². The molecule has 0 spiro atoms. The van der Waals surface area contributed by atoms with Gasteiger partial charge in [-0.05, 0) is 36.2 Å². The SMILES string of the molecule is C=C(CCl)COC1CC(C)CCC1C(C)C. The van der Waals surface area contributed by atoms with Gasteiger partial charge in [0.05, 0.1) is 12.7 Å². The fourth-order valence-corrected chi connectivity index (χ4v) is 2.65. The van der Waals surface area contributed by atoms with Crippen molar-refractivity contribution in [1.82, 2.24) is 0 Å². The molecule has 0 bridgehead atoms. The minimum atomic E-state index is 0.406. The molecule has 1 nitrogen and oxygen atoms in total. The van der Waals surface area contributed by atoms with Crippen molar-refractivity contribution >= 4 is 11.6 Å². The number of halogens is 1. The molecule has 0 aromatic heterocycles. The molecule has 16 heavy (non-hydrogen) atoms. The molecule has 1 rings (SSSR count). The number of alkyl halides is 1. The molecule has 0 saturated heterocycles. The van der Waals surface area contributed by atoms with Crippen molar-refractivity contribution in [2.75, 3.05) is 12.5 Å². The molecule has 0 N–H and O–H groups in total. The molecule has 1 aliphatic rings.